The van der Waals surface area contributed by atoms with E-state index in [0.717, 1.165) is 45.6 Å². The largest absolute Gasteiger partial charge is 0.380 e. The van der Waals surface area contributed by atoms with Gasteiger partial charge in [-0.3, -0.25) is 19.8 Å². The van der Waals surface area contributed by atoms with Crippen molar-refractivity contribution >= 4 is 17.2 Å². The molecule has 4 rings (SSSR count). The predicted molar refractivity (Wildman–Crippen MR) is 107 cm³/mol. The fraction of sp³-hybridized carbons (Fsp3) is 0.500. The van der Waals surface area contributed by atoms with Crippen molar-refractivity contribution in [3.63, 3.8) is 0 Å². The molecule has 1 atom stereocenters. The standard InChI is InChI=1S/C20H25N5O4/c1-23-10-7-21-20(23)19(26)14-2-3-17(18(12-14)25(27)28)22-15-4-8-24(9-5-15)16-6-11-29-13-16/h2-3,7,10,12,15-16,22H,4-6,8-9,11,13H2,1H3. The number of aromatic nitrogens is 2. The molecule has 2 saturated heterocycles. The topological polar surface area (TPSA) is 103 Å². The quantitative estimate of drug-likeness (QED) is 0.451. The van der Waals surface area contributed by atoms with Crippen LogP contribution in [0.1, 0.15) is 35.4 Å². The summed E-state index contributed by atoms with van der Waals surface area (Å²) in [6.07, 6.45) is 6.11. The van der Waals surface area contributed by atoms with Gasteiger partial charge in [0.05, 0.1) is 11.5 Å². The first-order chi connectivity index (χ1) is 14.0. The van der Waals surface area contributed by atoms with Gasteiger partial charge in [-0.1, -0.05) is 0 Å². The maximum atomic E-state index is 12.6. The number of likely N-dealkylation sites (tertiary alicyclic amines) is 1. The Morgan fingerprint density at radius 2 is 2.10 bits per heavy atom. The van der Waals surface area contributed by atoms with E-state index in [1.54, 1.807) is 29.9 Å². The summed E-state index contributed by atoms with van der Waals surface area (Å²) in [6.45, 7) is 3.54. The molecule has 0 amide bonds. The lowest BCUT2D eigenvalue weighted by Gasteiger charge is -2.35. The fourth-order valence-corrected chi connectivity index (χ4v) is 4.10. The number of nitrogens with zero attached hydrogens (tertiary/aromatic N) is 4. The maximum absolute atomic E-state index is 12.6. The number of benzene rings is 1. The second kappa shape index (κ2) is 8.30. The molecule has 9 nitrogen and oxygen atoms in total. The van der Waals surface area contributed by atoms with Crippen molar-refractivity contribution in [3.05, 3.63) is 52.1 Å². The van der Waals surface area contributed by atoms with E-state index in [-0.39, 0.29) is 28.9 Å². The number of piperidine rings is 1. The van der Waals surface area contributed by atoms with Gasteiger partial charge >= 0.3 is 0 Å². The number of ether oxygens (including phenoxy) is 1. The summed E-state index contributed by atoms with van der Waals surface area (Å²) in [5.41, 5.74) is 0.623. The molecule has 2 aromatic rings. The highest BCUT2D eigenvalue weighted by Crippen LogP contribution is 2.29. The van der Waals surface area contributed by atoms with E-state index < -0.39 is 4.92 Å². The van der Waals surface area contributed by atoms with Crippen LogP contribution in [0.3, 0.4) is 0 Å². The van der Waals surface area contributed by atoms with Gasteiger partial charge < -0.3 is 14.6 Å². The van der Waals surface area contributed by atoms with Crippen LogP contribution in [0.5, 0.6) is 0 Å². The van der Waals surface area contributed by atoms with Crippen LogP contribution in [0.25, 0.3) is 0 Å². The lowest BCUT2D eigenvalue weighted by Crippen LogP contribution is -2.44. The van der Waals surface area contributed by atoms with Gasteiger partial charge in [0.2, 0.25) is 5.78 Å². The first-order valence-electron chi connectivity index (χ1n) is 9.91. The first-order valence-corrected chi connectivity index (χ1v) is 9.91. The van der Waals surface area contributed by atoms with Crippen LogP contribution in [-0.4, -0.2) is 63.5 Å². The van der Waals surface area contributed by atoms with E-state index in [2.05, 4.69) is 15.2 Å². The number of nitro groups is 1. The number of carbonyl (C=O) groups is 1. The van der Waals surface area contributed by atoms with E-state index in [4.69, 9.17) is 4.74 Å². The lowest BCUT2D eigenvalue weighted by molar-refractivity contribution is -0.384. The summed E-state index contributed by atoms with van der Waals surface area (Å²) in [5.74, 6) is -0.0810. The molecular formula is C20H25N5O4. The summed E-state index contributed by atoms with van der Waals surface area (Å²) >= 11 is 0. The Hall–Kier alpha value is -2.78. The van der Waals surface area contributed by atoms with Gasteiger partial charge in [-0.25, -0.2) is 4.98 Å². The number of ketones is 1. The number of aryl methyl sites for hydroxylation is 1. The van der Waals surface area contributed by atoms with Gasteiger partial charge in [-0.05, 0) is 31.4 Å². The second-order valence-electron chi connectivity index (χ2n) is 7.65. The third-order valence-corrected chi connectivity index (χ3v) is 5.79. The minimum absolute atomic E-state index is 0.0864. The van der Waals surface area contributed by atoms with Gasteiger partial charge in [-0.2, -0.15) is 0 Å². The summed E-state index contributed by atoms with van der Waals surface area (Å²) in [7, 11) is 1.72. The SMILES string of the molecule is Cn1ccnc1C(=O)c1ccc(NC2CCN(C3CCOC3)CC2)c([N+](=O)[O-])c1. The molecular weight excluding hydrogens is 374 g/mol. The molecule has 3 heterocycles. The molecule has 0 radical (unpaired) electrons. The highest BCUT2D eigenvalue weighted by Gasteiger charge is 2.29. The number of hydrogen-bond acceptors (Lipinski definition) is 7. The fourth-order valence-electron chi connectivity index (χ4n) is 4.10. The molecule has 9 heteroatoms. The Balaban J connectivity index is 1.46. The zero-order valence-corrected chi connectivity index (χ0v) is 16.4. The van der Waals surface area contributed by atoms with Crippen molar-refractivity contribution < 1.29 is 14.5 Å². The Morgan fingerprint density at radius 1 is 1.31 bits per heavy atom. The van der Waals surface area contributed by atoms with E-state index >= 15 is 0 Å². The molecule has 154 valence electrons. The van der Waals surface area contributed by atoms with Crippen LogP contribution in [-0.2, 0) is 11.8 Å². The molecule has 1 unspecified atom stereocenters. The van der Waals surface area contributed by atoms with Gasteiger partial charge in [0.1, 0.15) is 5.69 Å². The highest BCUT2D eigenvalue weighted by molar-refractivity contribution is 6.07. The molecule has 1 aromatic carbocycles. The minimum Gasteiger partial charge on any atom is -0.380 e. The van der Waals surface area contributed by atoms with Crippen molar-refractivity contribution in [2.24, 2.45) is 7.05 Å². The number of carbonyl (C=O) groups excluding carboxylic acids is 1. The van der Waals surface area contributed by atoms with Crippen molar-refractivity contribution in [3.8, 4) is 0 Å². The highest BCUT2D eigenvalue weighted by atomic mass is 16.6. The molecule has 0 aliphatic carbocycles. The summed E-state index contributed by atoms with van der Waals surface area (Å²) in [6, 6.07) is 5.26. The number of hydrogen-bond donors (Lipinski definition) is 1. The molecule has 0 bridgehead atoms. The van der Waals surface area contributed by atoms with Crippen LogP contribution in [0.4, 0.5) is 11.4 Å². The molecule has 0 saturated carbocycles. The average molecular weight is 399 g/mol. The minimum atomic E-state index is -0.442. The number of nitrogens with one attached hydrogen (secondary N) is 1. The van der Waals surface area contributed by atoms with Crippen LogP contribution < -0.4 is 5.32 Å². The Labute approximate surface area is 168 Å². The lowest BCUT2D eigenvalue weighted by atomic mass is 10.0. The molecule has 29 heavy (non-hydrogen) atoms. The van der Waals surface area contributed by atoms with Crippen molar-refractivity contribution in [2.75, 3.05) is 31.6 Å². The summed E-state index contributed by atoms with van der Waals surface area (Å²) in [4.78, 5) is 30.3. The normalized spacial score (nSPS) is 20.7. The number of rotatable bonds is 6. The van der Waals surface area contributed by atoms with Crippen molar-refractivity contribution in [1.29, 1.82) is 0 Å². The maximum Gasteiger partial charge on any atom is 0.293 e. The van der Waals surface area contributed by atoms with E-state index in [0.29, 0.717) is 11.7 Å². The van der Waals surface area contributed by atoms with Crippen LogP contribution >= 0.6 is 0 Å². The average Bonchev–Trinajstić information content (AvgIpc) is 3.40. The molecule has 2 fully saturated rings. The Morgan fingerprint density at radius 3 is 2.72 bits per heavy atom. The molecule has 0 spiro atoms. The van der Waals surface area contributed by atoms with Crippen LogP contribution in [0.15, 0.2) is 30.6 Å². The third kappa shape index (κ3) is 4.15. The van der Waals surface area contributed by atoms with Gasteiger partial charge in [0.15, 0.2) is 5.82 Å². The van der Waals surface area contributed by atoms with Gasteiger partial charge in [0.25, 0.3) is 5.69 Å². The van der Waals surface area contributed by atoms with Crippen LogP contribution in [0.2, 0.25) is 0 Å². The molecule has 1 aromatic heterocycles. The van der Waals surface area contributed by atoms with E-state index in [1.807, 2.05) is 0 Å². The zero-order chi connectivity index (χ0) is 20.4. The monoisotopic (exact) mass is 399 g/mol. The molecule has 2 aliphatic heterocycles. The Kier molecular flexibility index (Phi) is 5.59. The Bertz CT molecular complexity index is 898. The molecule has 2 aliphatic rings. The second-order valence-corrected chi connectivity index (χ2v) is 7.65. The number of anilines is 1. The number of imidazole rings is 1. The van der Waals surface area contributed by atoms with Crippen molar-refractivity contribution in [2.45, 2.75) is 31.3 Å². The van der Waals surface area contributed by atoms with Crippen LogP contribution in [0, 0.1) is 10.1 Å². The zero-order valence-electron chi connectivity index (χ0n) is 16.4. The summed E-state index contributed by atoms with van der Waals surface area (Å²) in [5, 5.41) is 15.0. The van der Waals surface area contributed by atoms with Gasteiger partial charge in [0, 0.05) is 62.9 Å². The van der Waals surface area contributed by atoms with Gasteiger partial charge in [-0.15, -0.1) is 0 Å². The number of nitro benzene ring substituents is 1. The first kappa shape index (κ1) is 19.5. The smallest absolute Gasteiger partial charge is 0.293 e. The molecule has 1 N–H and O–H groups in total. The van der Waals surface area contributed by atoms with Crippen molar-refractivity contribution in [1.82, 2.24) is 14.5 Å². The predicted octanol–water partition coefficient (Wildman–Crippen LogP) is 2.22. The van der Waals surface area contributed by atoms with E-state index in [1.165, 1.54) is 12.3 Å². The van der Waals surface area contributed by atoms with E-state index in [9.17, 15) is 14.9 Å². The third-order valence-electron chi connectivity index (χ3n) is 5.79. The summed E-state index contributed by atoms with van der Waals surface area (Å²) < 4.78 is 7.07.